The van der Waals surface area contributed by atoms with Gasteiger partial charge in [0.15, 0.2) is 11.5 Å². The van der Waals surface area contributed by atoms with Gasteiger partial charge in [-0.2, -0.15) is 0 Å². The molecule has 12 rings (SSSR count). The van der Waals surface area contributed by atoms with Gasteiger partial charge < -0.3 is 9.64 Å². The Hall–Kier alpha value is -7.76. The molecule has 0 spiro atoms. The van der Waals surface area contributed by atoms with Crippen LogP contribution < -0.4 is 9.64 Å². The second kappa shape index (κ2) is 12.4. The maximum absolute atomic E-state index is 6.50. The van der Waals surface area contributed by atoms with E-state index in [1.807, 2.05) is 18.2 Å². The molecule has 1 aliphatic heterocycles. The smallest absolute Gasteiger partial charge is 0.235 e. The summed E-state index contributed by atoms with van der Waals surface area (Å²) < 4.78 is 8.77. The SMILES string of the molecule is c1ccc(-c2nc(-n3c4cc(-c5ccc6c(c5)N(c5ccccc5)c5ccccc5O6)ccc4c4c5ccccc5ccc43)nc3c2ccc2ccccc23)cc1. The van der Waals surface area contributed by atoms with Crippen LogP contribution in [0.1, 0.15) is 0 Å². The Bertz CT molecular complexity index is 3390. The van der Waals surface area contributed by atoms with E-state index in [-0.39, 0.29) is 0 Å². The Balaban J connectivity index is 1.13. The molecular weight excluding hydrogens is 697 g/mol. The van der Waals surface area contributed by atoms with Gasteiger partial charge in [0.2, 0.25) is 5.95 Å². The second-order valence-corrected chi connectivity index (χ2v) is 14.6. The van der Waals surface area contributed by atoms with Crippen molar-refractivity contribution >= 4 is 71.3 Å². The van der Waals surface area contributed by atoms with Crippen molar-refractivity contribution in [1.82, 2.24) is 14.5 Å². The van der Waals surface area contributed by atoms with Gasteiger partial charge in [-0.1, -0.05) is 140 Å². The van der Waals surface area contributed by atoms with E-state index in [4.69, 9.17) is 14.7 Å². The zero-order valence-electron chi connectivity index (χ0n) is 30.7. The summed E-state index contributed by atoms with van der Waals surface area (Å²) >= 11 is 0. The summed E-state index contributed by atoms with van der Waals surface area (Å²) in [7, 11) is 0. The fourth-order valence-electron chi connectivity index (χ4n) is 8.74. The minimum atomic E-state index is 0.635. The highest BCUT2D eigenvalue weighted by atomic mass is 16.5. The molecule has 5 nitrogen and oxygen atoms in total. The standard InChI is InChI=1S/C52H32N4O/c1-3-15-35(16-4-1)50-42-28-23-34-14-8-10-20-40(34)51(42)54-52(53-50)56-44-29-25-33-13-7-9-19-39(33)49(44)41-27-24-36(31-45(41)56)37-26-30-48-46(32-37)55(38-17-5-2-6-18-38)43-21-11-12-22-47(43)57-48/h1-32H. The van der Waals surface area contributed by atoms with Gasteiger partial charge in [0.25, 0.3) is 0 Å². The third kappa shape index (κ3) is 4.89. The highest BCUT2D eigenvalue weighted by molar-refractivity contribution is 6.22. The number of anilines is 3. The fraction of sp³-hybridized carbons (Fsp3) is 0. The minimum Gasteiger partial charge on any atom is -0.453 e. The summed E-state index contributed by atoms with van der Waals surface area (Å²) in [4.78, 5) is 13.2. The van der Waals surface area contributed by atoms with Gasteiger partial charge in [0, 0.05) is 32.8 Å². The maximum atomic E-state index is 6.50. The molecule has 57 heavy (non-hydrogen) atoms. The average molecular weight is 729 g/mol. The molecule has 0 unspecified atom stereocenters. The Labute approximate surface area is 328 Å². The van der Waals surface area contributed by atoms with E-state index in [0.29, 0.717) is 5.95 Å². The largest absolute Gasteiger partial charge is 0.453 e. The summed E-state index contributed by atoms with van der Waals surface area (Å²) in [6.07, 6.45) is 0. The number of benzene rings is 9. The van der Waals surface area contributed by atoms with Crippen molar-refractivity contribution in [3.63, 3.8) is 0 Å². The van der Waals surface area contributed by atoms with Crippen LogP contribution in [-0.4, -0.2) is 14.5 Å². The van der Waals surface area contributed by atoms with E-state index in [9.17, 15) is 0 Å². The summed E-state index contributed by atoms with van der Waals surface area (Å²) in [5, 5.41) is 7.99. The van der Waals surface area contributed by atoms with Crippen LogP contribution in [0.2, 0.25) is 0 Å². The highest BCUT2D eigenvalue weighted by Gasteiger charge is 2.27. The van der Waals surface area contributed by atoms with Crippen molar-refractivity contribution in [2.24, 2.45) is 0 Å². The molecule has 0 amide bonds. The van der Waals surface area contributed by atoms with Crippen LogP contribution in [0.3, 0.4) is 0 Å². The number of aromatic nitrogens is 3. The van der Waals surface area contributed by atoms with Crippen LogP contribution in [0.4, 0.5) is 17.1 Å². The van der Waals surface area contributed by atoms with Gasteiger partial charge in [0.1, 0.15) is 0 Å². The van der Waals surface area contributed by atoms with E-state index in [1.54, 1.807) is 0 Å². The molecule has 0 saturated heterocycles. The number of ether oxygens (including phenoxy) is 1. The zero-order chi connectivity index (χ0) is 37.5. The van der Waals surface area contributed by atoms with Gasteiger partial charge in [-0.3, -0.25) is 4.57 Å². The molecule has 1 aliphatic rings. The average Bonchev–Trinajstić information content (AvgIpc) is 3.62. The quantitative estimate of drug-likeness (QED) is 0.169. The second-order valence-electron chi connectivity index (χ2n) is 14.6. The van der Waals surface area contributed by atoms with E-state index >= 15 is 0 Å². The lowest BCUT2D eigenvalue weighted by Gasteiger charge is -2.33. The van der Waals surface area contributed by atoms with Crippen LogP contribution in [0, 0.1) is 0 Å². The maximum Gasteiger partial charge on any atom is 0.235 e. The predicted molar refractivity (Wildman–Crippen MR) is 235 cm³/mol. The molecule has 0 fully saturated rings. The summed E-state index contributed by atoms with van der Waals surface area (Å²) in [6, 6.07) is 68.4. The Morgan fingerprint density at radius 1 is 0.404 bits per heavy atom. The number of hydrogen-bond donors (Lipinski definition) is 0. The van der Waals surface area contributed by atoms with Crippen molar-refractivity contribution in [2.75, 3.05) is 4.90 Å². The first-order chi connectivity index (χ1) is 28.3. The minimum absolute atomic E-state index is 0.635. The van der Waals surface area contributed by atoms with Crippen LogP contribution >= 0.6 is 0 Å². The van der Waals surface area contributed by atoms with E-state index in [1.165, 1.54) is 16.2 Å². The van der Waals surface area contributed by atoms with Gasteiger partial charge in [0.05, 0.1) is 33.6 Å². The highest BCUT2D eigenvalue weighted by Crippen LogP contribution is 2.51. The topological polar surface area (TPSA) is 43.2 Å². The third-order valence-electron chi connectivity index (χ3n) is 11.4. The monoisotopic (exact) mass is 728 g/mol. The first-order valence-corrected chi connectivity index (χ1v) is 19.2. The lowest BCUT2D eigenvalue weighted by Crippen LogP contribution is -2.15. The molecule has 266 valence electrons. The molecule has 3 heterocycles. The molecule has 0 bridgehead atoms. The number of para-hydroxylation sites is 3. The molecule has 0 saturated carbocycles. The Morgan fingerprint density at radius 3 is 1.91 bits per heavy atom. The Morgan fingerprint density at radius 2 is 1.05 bits per heavy atom. The first-order valence-electron chi connectivity index (χ1n) is 19.2. The molecule has 11 aromatic rings. The summed E-state index contributed by atoms with van der Waals surface area (Å²) in [5.41, 5.74) is 10.2. The predicted octanol–water partition coefficient (Wildman–Crippen LogP) is 13.9. The fourth-order valence-corrected chi connectivity index (χ4v) is 8.74. The number of fused-ring (bicyclic) bond motifs is 10. The molecule has 0 aliphatic carbocycles. The van der Waals surface area contributed by atoms with Crippen LogP contribution in [0.25, 0.3) is 82.6 Å². The Kier molecular flexibility index (Phi) is 6.86. The number of nitrogens with zero attached hydrogens (tertiary/aromatic N) is 4. The van der Waals surface area contributed by atoms with Crippen LogP contribution in [-0.2, 0) is 0 Å². The molecule has 5 heteroatoms. The van der Waals surface area contributed by atoms with Gasteiger partial charge in [-0.25, -0.2) is 9.97 Å². The van der Waals surface area contributed by atoms with Crippen molar-refractivity contribution in [2.45, 2.75) is 0 Å². The van der Waals surface area contributed by atoms with Crippen molar-refractivity contribution < 1.29 is 4.74 Å². The van der Waals surface area contributed by atoms with Crippen molar-refractivity contribution in [3.8, 4) is 39.8 Å². The van der Waals surface area contributed by atoms with Gasteiger partial charge >= 0.3 is 0 Å². The summed E-state index contributed by atoms with van der Waals surface area (Å²) in [5.74, 6) is 2.28. The van der Waals surface area contributed by atoms with Gasteiger partial charge in [-0.05, 0) is 81.9 Å². The molecular formula is C52H32N4O. The lowest BCUT2D eigenvalue weighted by atomic mass is 9.99. The summed E-state index contributed by atoms with van der Waals surface area (Å²) in [6.45, 7) is 0. The third-order valence-corrected chi connectivity index (χ3v) is 11.4. The normalized spacial score (nSPS) is 12.3. The van der Waals surface area contributed by atoms with Gasteiger partial charge in [-0.15, -0.1) is 0 Å². The van der Waals surface area contributed by atoms with Crippen LogP contribution in [0.5, 0.6) is 11.5 Å². The van der Waals surface area contributed by atoms with E-state index in [0.717, 1.165) is 89.0 Å². The molecule has 0 radical (unpaired) electrons. The zero-order valence-corrected chi connectivity index (χ0v) is 30.7. The van der Waals surface area contributed by atoms with E-state index in [2.05, 4.69) is 185 Å². The van der Waals surface area contributed by atoms with Crippen molar-refractivity contribution in [1.29, 1.82) is 0 Å². The number of rotatable bonds is 4. The van der Waals surface area contributed by atoms with Crippen LogP contribution in [0.15, 0.2) is 194 Å². The first kappa shape index (κ1) is 31.6. The molecule has 0 atom stereocenters. The molecule has 9 aromatic carbocycles. The van der Waals surface area contributed by atoms with E-state index < -0.39 is 0 Å². The number of hydrogen-bond acceptors (Lipinski definition) is 4. The molecule has 2 aromatic heterocycles. The lowest BCUT2D eigenvalue weighted by molar-refractivity contribution is 0.477. The molecule has 0 N–H and O–H groups in total. The van der Waals surface area contributed by atoms with Crippen molar-refractivity contribution in [3.05, 3.63) is 194 Å².